The molecule has 0 bridgehead atoms. The molecule has 118 valence electrons. The molecule has 0 aliphatic carbocycles. The molecule has 2 N–H and O–H groups in total. The Balaban J connectivity index is 2.61. The number of amides is 1. The summed E-state index contributed by atoms with van der Waals surface area (Å²) in [6.07, 6.45) is 0. The average molecular weight is 293 g/mol. The van der Waals surface area contributed by atoms with Gasteiger partial charge in [0, 0.05) is 18.3 Å². The molecule has 0 saturated carbocycles. The number of ether oxygens (including phenoxy) is 1. The number of pyridine rings is 1. The molecule has 0 aromatic carbocycles. The highest BCUT2D eigenvalue weighted by atomic mass is 16.5. The molecule has 0 atom stereocenters. The van der Waals surface area contributed by atoms with E-state index in [9.17, 15) is 4.79 Å². The van der Waals surface area contributed by atoms with Gasteiger partial charge in [-0.3, -0.25) is 9.78 Å². The number of hydrogen-bond acceptors (Lipinski definition) is 4. The van der Waals surface area contributed by atoms with Crippen LogP contribution in [0.25, 0.3) is 0 Å². The van der Waals surface area contributed by atoms with Crippen molar-refractivity contribution in [2.24, 2.45) is 5.92 Å². The van der Waals surface area contributed by atoms with Crippen molar-refractivity contribution in [3.8, 4) is 5.75 Å². The van der Waals surface area contributed by atoms with Crippen LogP contribution in [0, 0.1) is 12.8 Å². The molecule has 1 rings (SSSR count). The van der Waals surface area contributed by atoms with Gasteiger partial charge in [-0.15, -0.1) is 0 Å². The predicted octanol–water partition coefficient (Wildman–Crippen LogP) is 2.04. The van der Waals surface area contributed by atoms with E-state index >= 15 is 0 Å². The summed E-state index contributed by atoms with van der Waals surface area (Å²) in [5.74, 6) is 1.12. The van der Waals surface area contributed by atoms with Crippen LogP contribution in [-0.4, -0.2) is 30.1 Å². The van der Waals surface area contributed by atoms with Crippen molar-refractivity contribution in [3.05, 3.63) is 23.5 Å². The lowest BCUT2D eigenvalue weighted by molar-refractivity contribution is -0.123. The number of hydrogen-bond donors (Lipinski definition) is 2. The molecule has 0 saturated heterocycles. The molecule has 0 unspecified atom stereocenters. The molecular weight excluding hydrogens is 266 g/mol. The van der Waals surface area contributed by atoms with Gasteiger partial charge in [-0.05, 0) is 45.4 Å². The van der Waals surface area contributed by atoms with Crippen LogP contribution in [0.15, 0.2) is 12.1 Å². The van der Waals surface area contributed by atoms with Crippen LogP contribution < -0.4 is 15.4 Å². The van der Waals surface area contributed by atoms with Gasteiger partial charge in [0.2, 0.25) is 0 Å². The summed E-state index contributed by atoms with van der Waals surface area (Å²) >= 11 is 0. The zero-order valence-electron chi connectivity index (χ0n) is 13.7. The predicted molar refractivity (Wildman–Crippen MR) is 84.3 cm³/mol. The number of nitrogens with one attached hydrogen (secondary N) is 2. The second kappa shape index (κ2) is 8.62. The monoisotopic (exact) mass is 293 g/mol. The van der Waals surface area contributed by atoms with Crippen LogP contribution in [0.4, 0.5) is 0 Å². The number of nitrogens with zero attached hydrogens (tertiary/aromatic N) is 1. The maximum absolute atomic E-state index is 11.6. The van der Waals surface area contributed by atoms with E-state index in [0.717, 1.165) is 17.9 Å². The van der Waals surface area contributed by atoms with Gasteiger partial charge >= 0.3 is 0 Å². The van der Waals surface area contributed by atoms with Crippen molar-refractivity contribution in [1.82, 2.24) is 15.6 Å². The van der Waals surface area contributed by atoms with Crippen molar-refractivity contribution in [1.29, 1.82) is 0 Å². The Morgan fingerprint density at radius 1 is 1.29 bits per heavy atom. The molecular formula is C16H27N3O2. The average Bonchev–Trinajstić information content (AvgIpc) is 2.36. The smallest absolute Gasteiger partial charge is 0.258 e. The Bertz CT molecular complexity index is 459. The van der Waals surface area contributed by atoms with Gasteiger partial charge < -0.3 is 15.4 Å². The van der Waals surface area contributed by atoms with Gasteiger partial charge in [-0.25, -0.2) is 0 Å². The van der Waals surface area contributed by atoms with Gasteiger partial charge in [0.25, 0.3) is 5.91 Å². The molecule has 0 aliphatic heterocycles. The Hall–Kier alpha value is -1.62. The zero-order valence-corrected chi connectivity index (χ0v) is 13.7. The second-order valence-corrected chi connectivity index (χ2v) is 5.93. The number of rotatable bonds is 8. The van der Waals surface area contributed by atoms with Gasteiger partial charge in [0.1, 0.15) is 5.75 Å². The first kappa shape index (κ1) is 17.4. The Kier molecular flexibility index (Phi) is 7.15. The molecule has 1 amide bonds. The number of aryl methyl sites for hydroxylation is 1. The molecule has 0 radical (unpaired) electrons. The van der Waals surface area contributed by atoms with E-state index in [1.165, 1.54) is 0 Å². The SMILES string of the molecule is Cc1ccc(OCC(=O)NC(C)C)c(CNCC(C)C)n1. The minimum absolute atomic E-state index is 0.0140. The van der Waals surface area contributed by atoms with Crippen molar-refractivity contribution in [2.45, 2.75) is 47.2 Å². The number of aromatic nitrogens is 1. The van der Waals surface area contributed by atoms with Gasteiger partial charge in [-0.2, -0.15) is 0 Å². The molecule has 5 nitrogen and oxygen atoms in total. The lowest BCUT2D eigenvalue weighted by atomic mass is 10.2. The summed E-state index contributed by atoms with van der Waals surface area (Å²) in [4.78, 5) is 16.1. The van der Waals surface area contributed by atoms with E-state index in [0.29, 0.717) is 18.2 Å². The third-order valence-electron chi connectivity index (χ3n) is 2.73. The summed E-state index contributed by atoms with van der Waals surface area (Å²) < 4.78 is 5.60. The van der Waals surface area contributed by atoms with Gasteiger partial charge in [-0.1, -0.05) is 13.8 Å². The van der Waals surface area contributed by atoms with Crippen molar-refractivity contribution >= 4 is 5.91 Å². The lowest BCUT2D eigenvalue weighted by Gasteiger charge is -2.14. The minimum Gasteiger partial charge on any atom is -0.482 e. The quantitative estimate of drug-likeness (QED) is 0.770. The molecule has 1 aromatic heterocycles. The normalized spacial score (nSPS) is 11.0. The fourth-order valence-corrected chi connectivity index (χ4v) is 1.84. The van der Waals surface area contributed by atoms with E-state index < -0.39 is 0 Å². The van der Waals surface area contributed by atoms with E-state index in [2.05, 4.69) is 29.5 Å². The summed E-state index contributed by atoms with van der Waals surface area (Å²) in [7, 11) is 0. The summed E-state index contributed by atoms with van der Waals surface area (Å²) in [6.45, 7) is 11.7. The van der Waals surface area contributed by atoms with Crippen LogP contribution in [0.2, 0.25) is 0 Å². The Morgan fingerprint density at radius 2 is 2.00 bits per heavy atom. The van der Waals surface area contributed by atoms with E-state index in [-0.39, 0.29) is 18.6 Å². The molecule has 1 heterocycles. The van der Waals surface area contributed by atoms with Gasteiger partial charge in [0.15, 0.2) is 6.61 Å². The van der Waals surface area contributed by atoms with Crippen LogP contribution in [0.5, 0.6) is 5.75 Å². The molecule has 5 heteroatoms. The van der Waals surface area contributed by atoms with Crippen molar-refractivity contribution in [3.63, 3.8) is 0 Å². The van der Waals surface area contributed by atoms with Crippen LogP contribution >= 0.6 is 0 Å². The highest BCUT2D eigenvalue weighted by molar-refractivity contribution is 5.77. The largest absolute Gasteiger partial charge is 0.482 e. The fraction of sp³-hybridized carbons (Fsp3) is 0.625. The van der Waals surface area contributed by atoms with E-state index in [1.807, 2.05) is 32.9 Å². The van der Waals surface area contributed by atoms with Crippen LogP contribution in [0.3, 0.4) is 0 Å². The minimum atomic E-state index is -0.119. The summed E-state index contributed by atoms with van der Waals surface area (Å²) in [5, 5.41) is 6.15. The Morgan fingerprint density at radius 3 is 2.62 bits per heavy atom. The number of carbonyl (C=O) groups is 1. The summed E-state index contributed by atoms with van der Waals surface area (Å²) in [6, 6.07) is 3.88. The van der Waals surface area contributed by atoms with Crippen molar-refractivity contribution in [2.75, 3.05) is 13.2 Å². The van der Waals surface area contributed by atoms with Crippen molar-refractivity contribution < 1.29 is 9.53 Å². The highest BCUT2D eigenvalue weighted by Gasteiger charge is 2.09. The van der Waals surface area contributed by atoms with Gasteiger partial charge in [0.05, 0.1) is 5.69 Å². The molecule has 0 aliphatic rings. The third-order valence-corrected chi connectivity index (χ3v) is 2.73. The number of carbonyl (C=O) groups excluding carboxylic acids is 1. The molecule has 0 spiro atoms. The van der Waals surface area contributed by atoms with E-state index in [4.69, 9.17) is 4.74 Å². The highest BCUT2D eigenvalue weighted by Crippen LogP contribution is 2.16. The standard InChI is InChI=1S/C16H27N3O2/c1-11(2)8-17-9-14-15(7-6-13(5)19-14)21-10-16(20)18-12(3)4/h6-7,11-12,17H,8-10H2,1-5H3,(H,18,20). The zero-order chi connectivity index (χ0) is 15.8. The van der Waals surface area contributed by atoms with E-state index in [1.54, 1.807) is 0 Å². The second-order valence-electron chi connectivity index (χ2n) is 5.93. The first-order valence-corrected chi connectivity index (χ1v) is 7.48. The maximum Gasteiger partial charge on any atom is 0.258 e. The molecule has 0 fully saturated rings. The fourth-order valence-electron chi connectivity index (χ4n) is 1.84. The van der Waals surface area contributed by atoms with Crippen LogP contribution in [-0.2, 0) is 11.3 Å². The van der Waals surface area contributed by atoms with Crippen LogP contribution in [0.1, 0.15) is 39.1 Å². The first-order valence-electron chi connectivity index (χ1n) is 7.48. The third kappa shape index (κ3) is 7.09. The lowest BCUT2D eigenvalue weighted by Crippen LogP contribution is -2.34. The molecule has 21 heavy (non-hydrogen) atoms. The topological polar surface area (TPSA) is 63.2 Å². The Labute approximate surface area is 127 Å². The summed E-state index contributed by atoms with van der Waals surface area (Å²) in [5.41, 5.74) is 1.78. The maximum atomic E-state index is 11.6. The molecule has 1 aromatic rings. The first-order chi connectivity index (χ1) is 9.88.